The van der Waals surface area contributed by atoms with Crippen LogP contribution in [0.4, 0.5) is 0 Å². The molecule has 1 heterocycles. The van der Waals surface area contributed by atoms with Crippen molar-refractivity contribution in [1.82, 2.24) is 15.3 Å². The number of hydrogen-bond donors (Lipinski definition) is 2. The summed E-state index contributed by atoms with van der Waals surface area (Å²) >= 11 is 0. The third-order valence-corrected chi connectivity index (χ3v) is 4.39. The topological polar surface area (TPSA) is 40.7 Å². The molecule has 1 aliphatic carbocycles. The highest BCUT2D eigenvalue weighted by atomic mass is 14.9. The van der Waals surface area contributed by atoms with Gasteiger partial charge in [-0.05, 0) is 42.9 Å². The molecule has 1 aromatic heterocycles. The highest BCUT2D eigenvalue weighted by Crippen LogP contribution is 2.28. The first-order valence-electron chi connectivity index (χ1n) is 7.65. The van der Waals surface area contributed by atoms with Crippen LogP contribution >= 0.6 is 0 Å². The first-order chi connectivity index (χ1) is 9.86. The van der Waals surface area contributed by atoms with E-state index < -0.39 is 0 Å². The first kappa shape index (κ1) is 13.4. The quantitative estimate of drug-likeness (QED) is 0.876. The van der Waals surface area contributed by atoms with Crippen molar-refractivity contribution in [1.29, 1.82) is 0 Å². The van der Waals surface area contributed by atoms with Gasteiger partial charge in [-0.3, -0.25) is 0 Å². The zero-order chi connectivity index (χ0) is 13.8. The predicted octanol–water partition coefficient (Wildman–Crippen LogP) is 2.74. The average Bonchev–Trinajstić information content (AvgIpc) is 2.99. The van der Waals surface area contributed by atoms with Crippen molar-refractivity contribution in [2.45, 2.75) is 38.6 Å². The second kappa shape index (κ2) is 6.23. The standard InChI is InChI=1S/C17H23N3/c1-2-18-16(12-17-19-9-10-20-17)15-8-7-13-5-3-4-6-14(13)11-15/h3-6,9-10,15-16,18H,2,7-8,11-12H2,1H3,(H,19,20). The Kier molecular flexibility index (Phi) is 4.16. The summed E-state index contributed by atoms with van der Waals surface area (Å²) < 4.78 is 0. The smallest absolute Gasteiger partial charge is 0.107 e. The van der Waals surface area contributed by atoms with Crippen LogP contribution in [0.3, 0.4) is 0 Å². The number of likely N-dealkylation sites (N-methyl/N-ethyl adjacent to an activating group) is 1. The van der Waals surface area contributed by atoms with Crippen molar-refractivity contribution in [2.24, 2.45) is 5.92 Å². The van der Waals surface area contributed by atoms with Crippen LogP contribution in [0.15, 0.2) is 36.7 Å². The lowest BCUT2D eigenvalue weighted by molar-refractivity contribution is 0.319. The Hall–Kier alpha value is -1.61. The molecule has 2 unspecified atom stereocenters. The van der Waals surface area contributed by atoms with Gasteiger partial charge in [0.1, 0.15) is 5.82 Å². The fourth-order valence-electron chi connectivity index (χ4n) is 3.35. The zero-order valence-electron chi connectivity index (χ0n) is 12.1. The largest absolute Gasteiger partial charge is 0.349 e. The molecular formula is C17H23N3. The lowest BCUT2D eigenvalue weighted by atomic mass is 9.79. The summed E-state index contributed by atoms with van der Waals surface area (Å²) in [7, 11) is 0. The number of aromatic nitrogens is 2. The summed E-state index contributed by atoms with van der Waals surface area (Å²) in [4.78, 5) is 7.62. The van der Waals surface area contributed by atoms with E-state index in [-0.39, 0.29) is 0 Å². The summed E-state index contributed by atoms with van der Waals surface area (Å²) in [6, 6.07) is 9.40. The maximum absolute atomic E-state index is 4.38. The average molecular weight is 269 g/mol. The minimum Gasteiger partial charge on any atom is -0.349 e. The van der Waals surface area contributed by atoms with Crippen LogP contribution in [0.1, 0.15) is 30.3 Å². The van der Waals surface area contributed by atoms with Crippen molar-refractivity contribution in [2.75, 3.05) is 6.54 Å². The Morgan fingerprint density at radius 3 is 2.95 bits per heavy atom. The minimum absolute atomic E-state index is 0.513. The van der Waals surface area contributed by atoms with Gasteiger partial charge in [0.05, 0.1) is 0 Å². The molecule has 0 amide bonds. The number of fused-ring (bicyclic) bond motifs is 1. The molecule has 0 aliphatic heterocycles. The van der Waals surface area contributed by atoms with Gasteiger partial charge >= 0.3 is 0 Å². The number of hydrogen-bond acceptors (Lipinski definition) is 2. The SMILES string of the molecule is CCNC(Cc1ncc[nH]1)C1CCc2ccccc2C1. The molecule has 3 rings (SSSR count). The number of nitrogens with zero attached hydrogens (tertiary/aromatic N) is 1. The molecule has 20 heavy (non-hydrogen) atoms. The molecule has 1 aliphatic rings. The molecule has 0 bridgehead atoms. The van der Waals surface area contributed by atoms with Crippen molar-refractivity contribution in [3.8, 4) is 0 Å². The van der Waals surface area contributed by atoms with E-state index in [4.69, 9.17) is 0 Å². The number of benzene rings is 1. The van der Waals surface area contributed by atoms with Gasteiger partial charge in [-0.1, -0.05) is 31.2 Å². The molecule has 0 radical (unpaired) electrons. The van der Waals surface area contributed by atoms with Crippen LogP contribution in [-0.4, -0.2) is 22.6 Å². The Balaban J connectivity index is 1.72. The van der Waals surface area contributed by atoms with Crippen molar-refractivity contribution >= 4 is 0 Å². The molecular weight excluding hydrogens is 246 g/mol. The minimum atomic E-state index is 0.513. The second-order valence-electron chi connectivity index (χ2n) is 5.68. The molecule has 0 spiro atoms. The number of aromatic amines is 1. The monoisotopic (exact) mass is 269 g/mol. The van der Waals surface area contributed by atoms with Gasteiger partial charge in [0.15, 0.2) is 0 Å². The van der Waals surface area contributed by atoms with Gasteiger partial charge < -0.3 is 10.3 Å². The summed E-state index contributed by atoms with van der Waals surface area (Å²) in [5.74, 6) is 1.80. The summed E-state index contributed by atoms with van der Waals surface area (Å²) in [5.41, 5.74) is 3.07. The number of H-pyrrole nitrogens is 1. The highest BCUT2D eigenvalue weighted by molar-refractivity contribution is 5.30. The van der Waals surface area contributed by atoms with E-state index in [1.165, 1.54) is 30.4 Å². The Morgan fingerprint density at radius 2 is 2.20 bits per heavy atom. The lowest BCUT2D eigenvalue weighted by Gasteiger charge is -2.31. The third-order valence-electron chi connectivity index (χ3n) is 4.39. The van der Waals surface area contributed by atoms with E-state index in [1.807, 2.05) is 12.4 Å². The molecule has 1 aromatic carbocycles. The van der Waals surface area contributed by atoms with E-state index >= 15 is 0 Å². The molecule has 0 saturated carbocycles. The van der Waals surface area contributed by atoms with Crippen molar-refractivity contribution in [3.05, 3.63) is 53.6 Å². The molecule has 0 saturated heterocycles. The Morgan fingerprint density at radius 1 is 1.35 bits per heavy atom. The highest BCUT2D eigenvalue weighted by Gasteiger charge is 2.26. The van der Waals surface area contributed by atoms with Crippen LogP contribution in [0.5, 0.6) is 0 Å². The van der Waals surface area contributed by atoms with E-state index in [2.05, 4.69) is 46.5 Å². The second-order valence-corrected chi connectivity index (χ2v) is 5.68. The van der Waals surface area contributed by atoms with E-state index in [0.717, 1.165) is 18.8 Å². The van der Waals surface area contributed by atoms with Gasteiger partial charge in [-0.2, -0.15) is 0 Å². The van der Waals surface area contributed by atoms with Gasteiger partial charge in [-0.15, -0.1) is 0 Å². The number of nitrogens with one attached hydrogen (secondary N) is 2. The predicted molar refractivity (Wildman–Crippen MR) is 81.7 cm³/mol. The number of imidazole rings is 1. The van der Waals surface area contributed by atoms with Gasteiger partial charge in [0, 0.05) is 24.9 Å². The van der Waals surface area contributed by atoms with E-state index in [9.17, 15) is 0 Å². The Bertz CT molecular complexity index is 533. The fourth-order valence-corrected chi connectivity index (χ4v) is 3.35. The number of aryl methyl sites for hydroxylation is 1. The van der Waals surface area contributed by atoms with Crippen LogP contribution < -0.4 is 5.32 Å². The first-order valence-corrected chi connectivity index (χ1v) is 7.65. The van der Waals surface area contributed by atoms with E-state index in [1.54, 1.807) is 0 Å². The van der Waals surface area contributed by atoms with Gasteiger partial charge in [-0.25, -0.2) is 4.98 Å². The summed E-state index contributed by atoms with van der Waals surface area (Å²) in [5, 5.41) is 3.66. The molecule has 0 fully saturated rings. The number of rotatable bonds is 5. The van der Waals surface area contributed by atoms with Crippen LogP contribution in [0.25, 0.3) is 0 Å². The molecule has 2 N–H and O–H groups in total. The molecule has 2 atom stereocenters. The Labute approximate surface area is 120 Å². The van der Waals surface area contributed by atoms with Crippen LogP contribution in [-0.2, 0) is 19.3 Å². The molecule has 3 heteroatoms. The lowest BCUT2D eigenvalue weighted by Crippen LogP contribution is -2.40. The maximum Gasteiger partial charge on any atom is 0.107 e. The van der Waals surface area contributed by atoms with Crippen molar-refractivity contribution < 1.29 is 0 Å². The fraction of sp³-hybridized carbons (Fsp3) is 0.471. The summed E-state index contributed by atoms with van der Waals surface area (Å²) in [6.07, 6.45) is 8.42. The van der Waals surface area contributed by atoms with Crippen molar-refractivity contribution in [3.63, 3.8) is 0 Å². The molecule has 3 nitrogen and oxygen atoms in total. The molecule has 2 aromatic rings. The molecule has 106 valence electrons. The van der Waals surface area contributed by atoms with Gasteiger partial charge in [0.25, 0.3) is 0 Å². The van der Waals surface area contributed by atoms with Crippen LogP contribution in [0, 0.1) is 5.92 Å². The van der Waals surface area contributed by atoms with Gasteiger partial charge in [0.2, 0.25) is 0 Å². The normalized spacial score (nSPS) is 19.6. The maximum atomic E-state index is 4.38. The zero-order valence-corrected chi connectivity index (χ0v) is 12.1. The third kappa shape index (κ3) is 2.93. The summed E-state index contributed by atoms with van der Waals surface area (Å²) in [6.45, 7) is 3.20. The van der Waals surface area contributed by atoms with E-state index in [0.29, 0.717) is 12.0 Å². The van der Waals surface area contributed by atoms with Crippen LogP contribution in [0.2, 0.25) is 0 Å².